The predicted octanol–water partition coefficient (Wildman–Crippen LogP) is 2.37. The second-order valence-electron chi connectivity index (χ2n) is 4.33. The molecule has 0 aliphatic carbocycles. The van der Waals surface area contributed by atoms with E-state index in [1.807, 2.05) is 0 Å². The van der Waals surface area contributed by atoms with E-state index in [-0.39, 0.29) is 5.56 Å². The van der Waals surface area contributed by atoms with Crippen molar-refractivity contribution in [3.63, 3.8) is 0 Å². The number of hydrogen-bond acceptors (Lipinski definition) is 4. The van der Waals surface area contributed by atoms with Crippen molar-refractivity contribution in [3.05, 3.63) is 53.8 Å². The summed E-state index contributed by atoms with van der Waals surface area (Å²) in [5.74, 6) is -1.22. The third kappa shape index (κ3) is 2.48. The molecule has 2 aromatic carbocycles. The number of H-pyrrole nitrogens is 1. The van der Waals surface area contributed by atoms with Crippen molar-refractivity contribution >= 4 is 5.97 Å². The number of nitrogens with one attached hydrogen (secondary N) is 1. The molecular weight excluding hydrogens is 275 g/mol. The van der Waals surface area contributed by atoms with Crippen LogP contribution in [-0.2, 0) is 0 Å². The number of aromatic nitrogens is 4. The van der Waals surface area contributed by atoms with E-state index in [0.717, 1.165) is 0 Å². The quantitative estimate of drug-likeness (QED) is 0.770. The molecule has 0 fully saturated rings. The number of rotatable bonds is 3. The SMILES string of the molecule is O=C(O)c1cc(-c2nnn[nH]2)cc(-c2ccccc2F)c1. The smallest absolute Gasteiger partial charge is 0.335 e. The Morgan fingerprint density at radius 3 is 2.57 bits per heavy atom. The van der Waals surface area contributed by atoms with Crippen LogP contribution >= 0.6 is 0 Å². The van der Waals surface area contributed by atoms with Crippen molar-refractivity contribution in [1.29, 1.82) is 0 Å². The molecule has 0 aliphatic heterocycles. The van der Waals surface area contributed by atoms with Crippen LogP contribution < -0.4 is 0 Å². The summed E-state index contributed by atoms with van der Waals surface area (Å²) in [6.07, 6.45) is 0. The highest BCUT2D eigenvalue weighted by atomic mass is 19.1. The van der Waals surface area contributed by atoms with Gasteiger partial charge in [0.2, 0.25) is 0 Å². The van der Waals surface area contributed by atoms with Crippen molar-refractivity contribution in [1.82, 2.24) is 20.6 Å². The summed E-state index contributed by atoms with van der Waals surface area (Å²) >= 11 is 0. The van der Waals surface area contributed by atoms with E-state index in [1.54, 1.807) is 24.3 Å². The Bertz CT molecular complexity index is 802. The Hall–Kier alpha value is -3.09. The Morgan fingerprint density at radius 1 is 1.14 bits per heavy atom. The lowest BCUT2D eigenvalue weighted by atomic mass is 9.99. The molecule has 1 aromatic heterocycles. The maximum Gasteiger partial charge on any atom is 0.335 e. The number of carboxylic acids is 1. The highest BCUT2D eigenvalue weighted by Crippen LogP contribution is 2.28. The van der Waals surface area contributed by atoms with E-state index >= 15 is 0 Å². The van der Waals surface area contributed by atoms with Crippen molar-refractivity contribution in [2.75, 3.05) is 0 Å². The first-order chi connectivity index (χ1) is 10.1. The summed E-state index contributed by atoms with van der Waals surface area (Å²) in [6.45, 7) is 0. The van der Waals surface area contributed by atoms with Crippen LogP contribution in [0.15, 0.2) is 42.5 Å². The molecule has 0 amide bonds. The zero-order chi connectivity index (χ0) is 14.8. The third-order valence-electron chi connectivity index (χ3n) is 2.98. The minimum Gasteiger partial charge on any atom is -0.478 e. The molecule has 0 bridgehead atoms. The van der Waals surface area contributed by atoms with Gasteiger partial charge in [0, 0.05) is 11.1 Å². The largest absolute Gasteiger partial charge is 0.478 e. The second-order valence-corrected chi connectivity index (χ2v) is 4.33. The van der Waals surface area contributed by atoms with Crippen LogP contribution in [0.25, 0.3) is 22.5 Å². The van der Waals surface area contributed by atoms with Gasteiger partial charge in [0.1, 0.15) is 5.82 Å². The molecule has 3 aromatic rings. The highest BCUT2D eigenvalue weighted by molar-refractivity contribution is 5.91. The number of benzene rings is 2. The van der Waals surface area contributed by atoms with Gasteiger partial charge in [-0.15, -0.1) is 5.10 Å². The fourth-order valence-corrected chi connectivity index (χ4v) is 2.02. The molecule has 0 saturated carbocycles. The van der Waals surface area contributed by atoms with Crippen molar-refractivity contribution in [3.8, 4) is 22.5 Å². The van der Waals surface area contributed by atoms with Crippen LogP contribution in [0, 0.1) is 5.82 Å². The fraction of sp³-hybridized carbons (Fsp3) is 0. The predicted molar refractivity (Wildman–Crippen MR) is 72.0 cm³/mol. The van der Waals surface area contributed by atoms with E-state index in [1.165, 1.54) is 18.2 Å². The van der Waals surface area contributed by atoms with Crippen LogP contribution in [0.2, 0.25) is 0 Å². The maximum absolute atomic E-state index is 13.9. The summed E-state index contributed by atoms with van der Waals surface area (Å²) in [7, 11) is 0. The molecule has 0 atom stereocenters. The molecule has 0 aliphatic rings. The van der Waals surface area contributed by atoms with Crippen LogP contribution in [-0.4, -0.2) is 31.7 Å². The monoisotopic (exact) mass is 284 g/mol. The third-order valence-corrected chi connectivity index (χ3v) is 2.98. The first-order valence-corrected chi connectivity index (χ1v) is 6.02. The first kappa shape index (κ1) is 12.9. The van der Waals surface area contributed by atoms with Gasteiger partial charge >= 0.3 is 5.97 Å². The van der Waals surface area contributed by atoms with Crippen LogP contribution in [0.1, 0.15) is 10.4 Å². The molecule has 1 heterocycles. The molecule has 21 heavy (non-hydrogen) atoms. The van der Waals surface area contributed by atoms with Crippen molar-refractivity contribution in [2.24, 2.45) is 0 Å². The minimum atomic E-state index is -1.11. The molecular formula is C14H9FN4O2. The Balaban J connectivity index is 2.21. The number of aromatic carboxylic acids is 1. The Morgan fingerprint density at radius 2 is 1.90 bits per heavy atom. The zero-order valence-electron chi connectivity index (χ0n) is 10.6. The summed E-state index contributed by atoms with van der Waals surface area (Å²) in [6, 6.07) is 10.6. The van der Waals surface area contributed by atoms with Crippen molar-refractivity contribution in [2.45, 2.75) is 0 Å². The Kier molecular flexibility index (Phi) is 3.15. The average molecular weight is 284 g/mol. The summed E-state index contributed by atoms with van der Waals surface area (Å²) in [5.41, 5.74) is 1.26. The molecule has 0 unspecified atom stereocenters. The van der Waals surface area contributed by atoms with Gasteiger partial charge in [-0.25, -0.2) is 14.3 Å². The molecule has 104 valence electrons. The summed E-state index contributed by atoms with van der Waals surface area (Å²) in [4.78, 5) is 11.2. The molecule has 0 saturated heterocycles. The van der Waals surface area contributed by atoms with Gasteiger partial charge in [-0.2, -0.15) is 0 Å². The molecule has 0 spiro atoms. The zero-order valence-corrected chi connectivity index (χ0v) is 10.6. The lowest BCUT2D eigenvalue weighted by molar-refractivity contribution is 0.0697. The van der Waals surface area contributed by atoms with E-state index in [9.17, 15) is 14.3 Å². The van der Waals surface area contributed by atoms with E-state index in [4.69, 9.17) is 0 Å². The second kappa shape index (κ2) is 5.12. The number of carbonyl (C=O) groups is 1. The first-order valence-electron chi connectivity index (χ1n) is 6.02. The van der Waals surface area contributed by atoms with Gasteiger partial charge in [-0.3, -0.25) is 0 Å². The number of nitrogens with zero attached hydrogens (tertiary/aromatic N) is 3. The Labute approximate surface area is 118 Å². The molecule has 3 rings (SSSR count). The van der Waals surface area contributed by atoms with E-state index < -0.39 is 11.8 Å². The lowest BCUT2D eigenvalue weighted by Crippen LogP contribution is -1.98. The topological polar surface area (TPSA) is 91.8 Å². The normalized spacial score (nSPS) is 10.5. The number of carboxylic acid groups (broad SMARTS) is 1. The molecule has 6 nitrogen and oxygen atoms in total. The van der Waals surface area contributed by atoms with Gasteiger partial charge in [-0.05, 0) is 40.3 Å². The maximum atomic E-state index is 13.9. The van der Waals surface area contributed by atoms with E-state index in [2.05, 4.69) is 20.6 Å². The average Bonchev–Trinajstić information content (AvgIpc) is 3.01. The standard InChI is InChI=1S/C14H9FN4O2/c15-12-4-2-1-3-11(12)8-5-9(13-16-18-19-17-13)7-10(6-8)14(20)21/h1-7H,(H,20,21)(H,16,17,18,19). The molecule has 0 radical (unpaired) electrons. The minimum absolute atomic E-state index is 0.0298. The highest BCUT2D eigenvalue weighted by Gasteiger charge is 2.13. The summed E-state index contributed by atoms with van der Waals surface area (Å²) in [5, 5.41) is 22.4. The van der Waals surface area contributed by atoms with Gasteiger partial charge in [-0.1, -0.05) is 18.2 Å². The van der Waals surface area contributed by atoms with Crippen LogP contribution in [0.5, 0.6) is 0 Å². The molecule has 2 N–H and O–H groups in total. The van der Waals surface area contributed by atoms with Gasteiger partial charge in [0.05, 0.1) is 5.56 Å². The van der Waals surface area contributed by atoms with Gasteiger partial charge < -0.3 is 5.11 Å². The van der Waals surface area contributed by atoms with Gasteiger partial charge in [0.15, 0.2) is 5.82 Å². The summed E-state index contributed by atoms with van der Waals surface area (Å²) < 4.78 is 13.9. The van der Waals surface area contributed by atoms with Crippen LogP contribution in [0.3, 0.4) is 0 Å². The number of tetrazole rings is 1. The lowest BCUT2D eigenvalue weighted by Gasteiger charge is -2.07. The van der Waals surface area contributed by atoms with E-state index in [0.29, 0.717) is 22.5 Å². The van der Waals surface area contributed by atoms with Gasteiger partial charge in [0.25, 0.3) is 0 Å². The fourth-order valence-electron chi connectivity index (χ4n) is 2.02. The number of aromatic amines is 1. The van der Waals surface area contributed by atoms with Crippen LogP contribution in [0.4, 0.5) is 4.39 Å². The number of hydrogen-bond donors (Lipinski definition) is 2. The molecule has 7 heteroatoms. The van der Waals surface area contributed by atoms with Crippen molar-refractivity contribution < 1.29 is 14.3 Å². The number of halogens is 1.